The molecule has 0 atom stereocenters. The second-order valence-corrected chi connectivity index (χ2v) is 6.01. The van der Waals surface area contributed by atoms with E-state index >= 15 is 0 Å². The number of carbonyl (C=O) groups excluding carboxylic acids is 1. The summed E-state index contributed by atoms with van der Waals surface area (Å²) in [6, 6.07) is 14.0. The summed E-state index contributed by atoms with van der Waals surface area (Å²) in [5.74, 6) is 0.693. The molecule has 0 amide bonds. The van der Waals surface area contributed by atoms with Gasteiger partial charge in [-0.1, -0.05) is 24.3 Å². The fraction of sp³-hybridized carbons (Fsp3) is 0.167. The highest BCUT2D eigenvalue weighted by molar-refractivity contribution is 7.17. The van der Waals surface area contributed by atoms with Crippen LogP contribution < -0.4 is 4.74 Å². The third-order valence-electron chi connectivity index (χ3n) is 3.46. The molecular weight excluding hydrogens is 280 g/mol. The number of carbonyl (C=O) groups is 1. The molecule has 2 nitrogen and oxygen atoms in total. The Morgan fingerprint density at radius 1 is 1.19 bits per heavy atom. The van der Waals surface area contributed by atoms with Gasteiger partial charge >= 0.3 is 0 Å². The molecule has 0 saturated heterocycles. The Hall–Kier alpha value is -2.13. The Morgan fingerprint density at radius 3 is 2.81 bits per heavy atom. The average Bonchev–Trinajstić information content (AvgIpc) is 2.88. The van der Waals surface area contributed by atoms with Crippen molar-refractivity contribution in [2.75, 3.05) is 0 Å². The molecule has 0 radical (unpaired) electrons. The van der Waals surface area contributed by atoms with Crippen LogP contribution in [0.15, 0.2) is 47.8 Å². The highest BCUT2D eigenvalue weighted by Gasteiger charge is 2.10. The summed E-state index contributed by atoms with van der Waals surface area (Å²) in [6.07, 6.45) is 0. The summed E-state index contributed by atoms with van der Waals surface area (Å²) in [7, 11) is 0. The van der Waals surface area contributed by atoms with E-state index < -0.39 is 0 Å². The van der Waals surface area contributed by atoms with E-state index in [2.05, 4.69) is 17.5 Å². The number of hydrogen-bond donors (Lipinski definition) is 0. The molecule has 0 spiro atoms. The van der Waals surface area contributed by atoms with E-state index in [4.69, 9.17) is 4.74 Å². The second-order valence-electron chi connectivity index (χ2n) is 5.10. The van der Waals surface area contributed by atoms with Crippen molar-refractivity contribution in [3.63, 3.8) is 0 Å². The van der Waals surface area contributed by atoms with E-state index in [1.807, 2.05) is 37.3 Å². The maximum absolute atomic E-state index is 11.7. The number of benzene rings is 2. The minimum atomic E-state index is 0.0279. The van der Waals surface area contributed by atoms with E-state index in [0.29, 0.717) is 17.9 Å². The number of rotatable bonds is 4. The molecule has 0 N–H and O–H groups in total. The molecule has 0 fully saturated rings. The third-order valence-corrected chi connectivity index (χ3v) is 4.47. The van der Waals surface area contributed by atoms with Crippen molar-refractivity contribution < 1.29 is 9.53 Å². The van der Waals surface area contributed by atoms with Gasteiger partial charge in [0.05, 0.1) is 5.56 Å². The van der Waals surface area contributed by atoms with Gasteiger partial charge in [0.1, 0.15) is 12.4 Å². The lowest BCUT2D eigenvalue weighted by Crippen LogP contribution is -2.01. The molecular formula is C18H16O2S. The van der Waals surface area contributed by atoms with Gasteiger partial charge in [0.15, 0.2) is 5.78 Å². The average molecular weight is 296 g/mol. The smallest absolute Gasteiger partial charge is 0.163 e. The van der Waals surface area contributed by atoms with Crippen molar-refractivity contribution in [1.82, 2.24) is 0 Å². The molecule has 21 heavy (non-hydrogen) atoms. The molecule has 0 bridgehead atoms. The van der Waals surface area contributed by atoms with Crippen LogP contribution in [0.5, 0.6) is 5.75 Å². The summed E-state index contributed by atoms with van der Waals surface area (Å²) in [6.45, 7) is 4.04. The van der Waals surface area contributed by atoms with Gasteiger partial charge in [0, 0.05) is 10.3 Å². The zero-order chi connectivity index (χ0) is 14.8. The lowest BCUT2D eigenvalue weighted by atomic mass is 10.1. The molecule has 3 aromatic rings. The predicted octanol–water partition coefficient (Wildman–Crippen LogP) is 4.99. The Labute approximate surface area is 128 Å². The van der Waals surface area contributed by atoms with Gasteiger partial charge in [-0.2, -0.15) is 0 Å². The normalized spacial score (nSPS) is 10.8. The first-order chi connectivity index (χ1) is 10.1. The molecule has 0 saturated carbocycles. The molecule has 0 aliphatic heterocycles. The zero-order valence-corrected chi connectivity index (χ0v) is 12.9. The molecule has 3 rings (SSSR count). The Bertz CT molecular complexity index is 802. The first-order valence-electron chi connectivity index (χ1n) is 6.84. The third kappa shape index (κ3) is 2.83. The summed E-state index contributed by atoms with van der Waals surface area (Å²) < 4.78 is 7.17. The van der Waals surface area contributed by atoms with Crippen LogP contribution in [-0.2, 0) is 6.61 Å². The molecule has 1 heterocycles. The topological polar surface area (TPSA) is 26.3 Å². The van der Waals surface area contributed by atoms with E-state index in [-0.39, 0.29) is 5.78 Å². The van der Waals surface area contributed by atoms with Gasteiger partial charge in [-0.15, -0.1) is 11.3 Å². The largest absolute Gasteiger partial charge is 0.488 e. The Morgan fingerprint density at radius 2 is 2.00 bits per heavy atom. The van der Waals surface area contributed by atoms with Crippen LogP contribution >= 0.6 is 11.3 Å². The molecule has 0 unspecified atom stereocenters. The molecule has 106 valence electrons. The fourth-order valence-electron chi connectivity index (χ4n) is 2.34. The number of aryl methyl sites for hydroxylation is 1. The second kappa shape index (κ2) is 5.70. The van der Waals surface area contributed by atoms with Crippen molar-refractivity contribution in [1.29, 1.82) is 0 Å². The van der Waals surface area contributed by atoms with Crippen molar-refractivity contribution in [3.8, 4) is 5.75 Å². The summed E-state index contributed by atoms with van der Waals surface area (Å²) >= 11 is 1.72. The number of ether oxygens (including phenoxy) is 1. The number of thiophene rings is 1. The fourth-order valence-corrected chi connectivity index (χ4v) is 3.29. The van der Waals surface area contributed by atoms with Gasteiger partial charge < -0.3 is 4.74 Å². The van der Waals surface area contributed by atoms with E-state index in [0.717, 1.165) is 11.1 Å². The summed E-state index contributed by atoms with van der Waals surface area (Å²) in [5.41, 5.74) is 2.89. The molecule has 2 aromatic carbocycles. The molecule has 0 aliphatic rings. The Balaban J connectivity index is 1.88. The van der Waals surface area contributed by atoms with Crippen LogP contribution in [0.4, 0.5) is 0 Å². The molecule has 0 aliphatic carbocycles. The number of ketones is 1. The van der Waals surface area contributed by atoms with Crippen molar-refractivity contribution >= 4 is 27.2 Å². The maximum atomic E-state index is 11.7. The number of hydrogen-bond acceptors (Lipinski definition) is 3. The van der Waals surface area contributed by atoms with E-state index in [1.165, 1.54) is 10.1 Å². The van der Waals surface area contributed by atoms with Crippen LogP contribution in [0, 0.1) is 6.92 Å². The zero-order valence-electron chi connectivity index (χ0n) is 12.1. The van der Waals surface area contributed by atoms with Crippen molar-refractivity contribution in [3.05, 3.63) is 64.5 Å². The minimum absolute atomic E-state index is 0.0279. The predicted molar refractivity (Wildman–Crippen MR) is 87.3 cm³/mol. The van der Waals surface area contributed by atoms with Gasteiger partial charge in [0.2, 0.25) is 0 Å². The van der Waals surface area contributed by atoms with Crippen LogP contribution in [0.1, 0.15) is 28.4 Å². The van der Waals surface area contributed by atoms with Crippen LogP contribution in [0.3, 0.4) is 0 Å². The lowest BCUT2D eigenvalue weighted by Gasteiger charge is -2.10. The quantitative estimate of drug-likeness (QED) is 0.634. The van der Waals surface area contributed by atoms with Gasteiger partial charge in [0.25, 0.3) is 0 Å². The van der Waals surface area contributed by atoms with Crippen molar-refractivity contribution in [2.45, 2.75) is 20.5 Å². The number of fused-ring (bicyclic) bond motifs is 1. The van der Waals surface area contributed by atoms with Crippen LogP contribution in [0.25, 0.3) is 10.1 Å². The Kier molecular flexibility index (Phi) is 3.76. The monoisotopic (exact) mass is 296 g/mol. The highest BCUT2D eigenvalue weighted by Crippen LogP contribution is 2.28. The van der Waals surface area contributed by atoms with E-state index in [1.54, 1.807) is 18.3 Å². The van der Waals surface area contributed by atoms with Gasteiger partial charge in [-0.05, 0) is 48.4 Å². The first-order valence-corrected chi connectivity index (χ1v) is 7.72. The van der Waals surface area contributed by atoms with Crippen molar-refractivity contribution in [2.24, 2.45) is 0 Å². The highest BCUT2D eigenvalue weighted by atomic mass is 32.1. The lowest BCUT2D eigenvalue weighted by molar-refractivity contribution is 0.101. The standard InChI is InChI=1S/C18H16O2S/c1-12-7-8-15(13(2)19)17(9-12)20-10-14-11-21-18-6-4-3-5-16(14)18/h3-9,11H,10H2,1-2H3. The van der Waals surface area contributed by atoms with Crippen LogP contribution in [-0.4, -0.2) is 5.78 Å². The van der Waals surface area contributed by atoms with Gasteiger partial charge in [-0.25, -0.2) is 0 Å². The molecule has 3 heteroatoms. The maximum Gasteiger partial charge on any atom is 0.163 e. The van der Waals surface area contributed by atoms with E-state index in [9.17, 15) is 4.79 Å². The summed E-state index contributed by atoms with van der Waals surface area (Å²) in [5, 5.41) is 3.34. The number of Topliss-reactive ketones (excluding diaryl/α,β-unsaturated/α-hetero) is 1. The van der Waals surface area contributed by atoms with Gasteiger partial charge in [-0.3, -0.25) is 4.79 Å². The molecule has 1 aromatic heterocycles. The van der Waals surface area contributed by atoms with Crippen LogP contribution in [0.2, 0.25) is 0 Å². The SMILES string of the molecule is CC(=O)c1ccc(C)cc1OCc1csc2ccccc12. The first kappa shape index (κ1) is 13.8. The minimum Gasteiger partial charge on any atom is -0.488 e. The summed E-state index contributed by atoms with van der Waals surface area (Å²) in [4.78, 5) is 11.7.